The predicted octanol–water partition coefficient (Wildman–Crippen LogP) is 4.88. The monoisotopic (exact) mass is 1050 g/mol. The van der Waals surface area contributed by atoms with Crippen LogP contribution in [0.1, 0.15) is 63.3 Å². The topological polar surface area (TPSA) is 213 Å². The van der Waals surface area contributed by atoms with E-state index in [1.165, 1.54) is 25.5 Å². The van der Waals surface area contributed by atoms with Crippen molar-refractivity contribution in [2.24, 2.45) is 10.8 Å². The van der Waals surface area contributed by atoms with Crippen LogP contribution in [-0.2, 0) is 36.8 Å². The summed E-state index contributed by atoms with van der Waals surface area (Å²) in [5.74, 6) is 2.50. The number of carbonyl (C=O) groups is 4. The summed E-state index contributed by atoms with van der Waals surface area (Å²) in [6.07, 6.45) is -5.52. The maximum Gasteiger partial charge on any atom is 0.407 e. The van der Waals surface area contributed by atoms with Crippen LogP contribution in [0.2, 0.25) is 0 Å². The van der Waals surface area contributed by atoms with E-state index in [2.05, 4.69) is 52.4 Å². The molecule has 3 aliphatic rings. The van der Waals surface area contributed by atoms with Gasteiger partial charge < -0.3 is 40.2 Å². The molecule has 0 aliphatic carbocycles. The first kappa shape index (κ1) is 55.7. The molecule has 402 valence electrons. The number of amides is 4. The first-order valence-electron chi connectivity index (χ1n) is 24.2. The molecule has 2 aromatic heterocycles. The molecule has 4 aromatic rings. The molecular formula is C52H61F5N10O8. The molecule has 3 aliphatic heterocycles. The van der Waals surface area contributed by atoms with Crippen molar-refractivity contribution in [2.75, 3.05) is 51.9 Å². The van der Waals surface area contributed by atoms with Crippen LogP contribution >= 0.6 is 0 Å². The van der Waals surface area contributed by atoms with E-state index in [-0.39, 0.29) is 17.8 Å². The van der Waals surface area contributed by atoms with Crippen molar-refractivity contribution in [3.63, 3.8) is 0 Å². The highest BCUT2D eigenvalue weighted by Gasteiger charge is 2.56. The first-order valence-corrected chi connectivity index (χ1v) is 24.2. The Morgan fingerprint density at radius 1 is 0.867 bits per heavy atom. The summed E-state index contributed by atoms with van der Waals surface area (Å²) in [5, 5.41) is 19.7. The largest absolute Gasteiger partial charge is 0.453 e. The minimum atomic E-state index is -5.06. The average molecular weight is 1050 g/mol. The van der Waals surface area contributed by atoms with Gasteiger partial charge >= 0.3 is 18.4 Å². The maximum atomic E-state index is 16.0. The summed E-state index contributed by atoms with van der Waals surface area (Å²) in [4.78, 5) is 70.6. The van der Waals surface area contributed by atoms with Crippen LogP contribution in [0.4, 0.5) is 37.4 Å². The smallest absolute Gasteiger partial charge is 0.407 e. The Kier molecular flexibility index (Phi) is 17.3. The van der Waals surface area contributed by atoms with Crippen molar-refractivity contribution < 1.29 is 60.4 Å². The number of aliphatic hydroxyl groups is 1. The highest BCUT2D eigenvalue weighted by Crippen LogP contribution is 2.41. The quantitative estimate of drug-likeness (QED) is 0.0542. The van der Waals surface area contributed by atoms with Gasteiger partial charge in [-0.3, -0.25) is 19.9 Å². The molecule has 5 heterocycles. The molecule has 5 N–H and O–H groups in total. The number of alkyl carbamates (subject to hydrolysis) is 2. The fourth-order valence-corrected chi connectivity index (χ4v) is 9.09. The van der Waals surface area contributed by atoms with Crippen LogP contribution in [0.5, 0.6) is 0 Å². The number of aromatic nitrogens is 3. The SMILES string of the molecule is CNC(=O)O[C@H](C(=O)NN(Cc1c(F)cc(-c2ncccn2)cc1F)C[C@H](O)[C@H](Cc1ccc(C#Cc2ccc(N3C[C@H]4C[C@@H]3CN4C3COC3)nc2)cc1)NC(=O)[C@@H](NC(=O)OC)C(C)(C)C(F)(F)F)C(C)(C)C. The number of nitrogens with one attached hydrogen (secondary N) is 4. The lowest BCUT2D eigenvalue weighted by molar-refractivity contribution is -0.220. The zero-order valence-corrected chi connectivity index (χ0v) is 42.5. The van der Waals surface area contributed by atoms with E-state index in [4.69, 9.17) is 14.5 Å². The minimum absolute atomic E-state index is 0.00733. The van der Waals surface area contributed by atoms with Crippen LogP contribution < -0.4 is 26.3 Å². The van der Waals surface area contributed by atoms with E-state index < -0.39 is 95.6 Å². The number of halogens is 5. The Bertz CT molecular complexity index is 2710. The summed E-state index contributed by atoms with van der Waals surface area (Å²) < 4.78 is 90.9. The van der Waals surface area contributed by atoms with Gasteiger partial charge in [-0.05, 0) is 74.7 Å². The second-order valence-corrected chi connectivity index (χ2v) is 20.4. The van der Waals surface area contributed by atoms with E-state index in [1.54, 1.807) is 51.2 Å². The number of rotatable bonds is 17. The Morgan fingerprint density at radius 3 is 2.07 bits per heavy atom. The van der Waals surface area contributed by atoms with Crippen LogP contribution in [0.3, 0.4) is 0 Å². The molecule has 7 rings (SSSR count). The molecule has 0 unspecified atom stereocenters. The van der Waals surface area contributed by atoms with Crippen LogP contribution in [-0.4, -0.2) is 150 Å². The van der Waals surface area contributed by atoms with Gasteiger partial charge in [0.1, 0.15) is 23.5 Å². The zero-order valence-electron chi connectivity index (χ0n) is 42.5. The lowest BCUT2D eigenvalue weighted by atomic mass is 9.82. The highest BCUT2D eigenvalue weighted by atomic mass is 19.4. The number of alkyl halides is 3. The third-order valence-corrected chi connectivity index (χ3v) is 13.6. The summed E-state index contributed by atoms with van der Waals surface area (Å²) >= 11 is 0. The van der Waals surface area contributed by atoms with Gasteiger partial charge in [0.05, 0.1) is 43.9 Å². The summed E-state index contributed by atoms with van der Waals surface area (Å²) in [5.41, 5.74) is -0.462. The van der Waals surface area contributed by atoms with Gasteiger partial charge in [-0.2, -0.15) is 13.2 Å². The third-order valence-electron chi connectivity index (χ3n) is 13.6. The number of fused-ring (bicyclic) bond motifs is 2. The number of nitrogens with zero attached hydrogens (tertiary/aromatic N) is 6. The van der Waals surface area contributed by atoms with Crippen LogP contribution in [0.15, 0.2) is 73.2 Å². The van der Waals surface area contributed by atoms with E-state index >= 15 is 8.78 Å². The van der Waals surface area contributed by atoms with Gasteiger partial charge in [-0.15, -0.1) is 0 Å². The summed E-state index contributed by atoms with van der Waals surface area (Å²) in [6.45, 7) is 8.03. The fraction of sp³-hybridized carbons (Fsp3) is 0.481. The third kappa shape index (κ3) is 13.5. The van der Waals surface area contributed by atoms with Gasteiger partial charge in [-0.25, -0.2) is 38.3 Å². The number of aliphatic hydroxyl groups excluding tert-OH is 1. The summed E-state index contributed by atoms with van der Waals surface area (Å²) in [6, 6.07) is 11.3. The highest BCUT2D eigenvalue weighted by molar-refractivity contribution is 5.87. The maximum absolute atomic E-state index is 16.0. The van der Waals surface area contributed by atoms with Crippen molar-refractivity contribution >= 4 is 29.8 Å². The second kappa shape index (κ2) is 23.3. The van der Waals surface area contributed by atoms with Gasteiger partial charge in [0.15, 0.2) is 11.9 Å². The molecule has 2 aromatic carbocycles. The van der Waals surface area contributed by atoms with Crippen molar-refractivity contribution in [3.05, 3.63) is 107 Å². The average Bonchev–Trinajstić information content (AvgIpc) is 3.96. The molecule has 18 nitrogen and oxygen atoms in total. The molecule has 6 atom stereocenters. The molecule has 3 saturated heterocycles. The second-order valence-electron chi connectivity index (χ2n) is 20.4. The number of benzene rings is 2. The van der Waals surface area contributed by atoms with Crippen LogP contribution in [0.25, 0.3) is 11.4 Å². The molecule has 2 bridgehead atoms. The van der Waals surface area contributed by atoms with E-state index in [1.807, 2.05) is 17.4 Å². The van der Waals surface area contributed by atoms with Gasteiger partial charge in [-0.1, -0.05) is 44.7 Å². The van der Waals surface area contributed by atoms with E-state index in [9.17, 15) is 37.5 Å². The molecule has 75 heavy (non-hydrogen) atoms. The number of hydrogen-bond donors (Lipinski definition) is 5. The number of piperazine rings is 1. The van der Waals surface area contributed by atoms with Crippen molar-refractivity contribution in [2.45, 2.75) is 103 Å². The molecular weight excluding hydrogens is 988 g/mol. The Hall–Kier alpha value is -7.00. The predicted molar refractivity (Wildman–Crippen MR) is 263 cm³/mol. The van der Waals surface area contributed by atoms with E-state index in [0.717, 1.165) is 62.8 Å². The normalized spacial score (nSPS) is 18.5. The van der Waals surface area contributed by atoms with Crippen molar-refractivity contribution in [1.29, 1.82) is 0 Å². The number of likely N-dealkylation sites (tertiary alicyclic amines) is 1. The first-order chi connectivity index (χ1) is 35.4. The standard InChI is InChI=1S/C52H61F5N10O8/c1-50(2,3)44(75-48(71)58-6)47(70)64-65(26-37-38(53)20-33(21-39(37)54)45-59-17-8-18-60-45)27-41(68)40(62-46(69)43(63-49(72)73-7)51(4,5)52(55,56)57)19-31-12-9-30(10-13-31)11-14-32-15-16-42(61-23-32)67-25-34-22-35(67)24-66(34)36-28-74-29-36/h8-10,12-13,15-18,20-21,23,34-36,40-41,43-44,68H,19,22,24-29H2,1-7H3,(H,58,71)(H,62,69)(H,63,72)(H,64,70)/t34-,35-,40+,41+,43-,44-/m1/s1. The van der Waals surface area contributed by atoms with Gasteiger partial charge in [0, 0.05) is 91.6 Å². The number of carbonyl (C=O) groups excluding carboxylic acids is 4. The molecule has 4 amide bonds. The van der Waals surface area contributed by atoms with Crippen molar-refractivity contribution in [1.82, 2.24) is 46.2 Å². The number of pyridine rings is 1. The van der Waals surface area contributed by atoms with E-state index in [0.29, 0.717) is 48.7 Å². The Labute approximate surface area is 431 Å². The summed E-state index contributed by atoms with van der Waals surface area (Å²) in [7, 11) is 2.17. The molecule has 0 saturated carbocycles. The molecule has 0 spiro atoms. The van der Waals surface area contributed by atoms with Crippen LogP contribution in [0, 0.1) is 34.3 Å². The van der Waals surface area contributed by atoms with Crippen molar-refractivity contribution in [3.8, 4) is 23.2 Å². The Morgan fingerprint density at radius 2 is 1.52 bits per heavy atom. The number of ether oxygens (including phenoxy) is 3. The molecule has 23 heteroatoms. The minimum Gasteiger partial charge on any atom is -0.453 e. The molecule has 3 fully saturated rings. The van der Waals surface area contributed by atoms with Gasteiger partial charge in [0.2, 0.25) is 5.91 Å². The van der Waals surface area contributed by atoms with Gasteiger partial charge in [0.25, 0.3) is 5.91 Å². The number of hydrogen-bond acceptors (Lipinski definition) is 14. The zero-order chi connectivity index (χ0) is 54.4. The lowest BCUT2D eigenvalue weighted by Gasteiger charge is -2.42. The molecule has 0 radical (unpaired) electrons. The fourth-order valence-electron chi connectivity index (χ4n) is 9.09. The Balaban J connectivity index is 1.15. The number of anilines is 1. The number of methoxy groups -OCH3 is 1. The number of hydrazine groups is 1. The lowest BCUT2D eigenvalue weighted by Crippen LogP contribution is -2.62.